The summed E-state index contributed by atoms with van der Waals surface area (Å²) < 4.78 is 27.0. The second-order valence-corrected chi connectivity index (χ2v) is 9.71. The van der Waals surface area contributed by atoms with Crippen LogP contribution in [0.4, 0.5) is 8.78 Å². The molecule has 2 saturated heterocycles. The number of piperidine rings is 2. The van der Waals surface area contributed by atoms with E-state index in [0.717, 1.165) is 37.2 Å². The fourth-order valence-electron chi connectivity index (χ4n) is 4.96. The molecule has 1 unspecified atom stereocenters. The zero-order valence-corrected chi connectivity index (χ0v) is 19.7. The lowest BCUT2D eigenvalue weighted by atomic mass is 9.95. The molecule has 34 heavy (non-hydrogen) atoms. The molecule has 1 atom stereocenters. The van der Waals surface area contributed by atoms with E-state index in [2.05, 4.69) is 41.4 Å². The van der Waals surface area contributed by atoms with Gasteiger partial charge in [0.25, 0.3) is 5.91 Å². The lowest BCUT2D eigenvalue weighted by Crippen LogP contribution is -2.43. The number of hydrogen-bond donors (Lipinski definition) is 1. The molecule has 2 aliphatic rings. The van der Waals surface area contributed by atoms with Gasteiger partial charge in [0.15, 0.2) is 0 Å². The molecule has 1 N–H and O–H groups in total. The maximum Gasteiger partial charge on any atom is 0.256 e. The number of halogens is 2. The number of nitrogens with one attached hydrogen (secondary N) is 1. The molecule has 0 bridgehead atoms. The number of likely N-dealkylation sites (tertiary alicyclic amines) is 2. The summed E-state index contributed by atoms with van der Waals surface area (Å²) >= 11 is 0. The maximum absolute atomic E-state index is 13.9. The molecule has 2 aromatic rings. The van der Waals surface area contributed by atoms with Crippen LogP contribution < -0.4 is 5.32 Å². The molecule has 7 heteroatoms. The number of carbonyl (C=O) groups excluding carboxylic acids is 2. The molecule has 2 heterocycles. The summed E-state index contributed by atoms with van der Waals surface area (Å²) in [6.07, 6.45) is 3.62. The highest BCUT2D eigenvalue weighted by atomic mass is 19.1. The first kappa shape index (κ1) is 24.3. The monoisotopic (exact) mass is 469 g/mol. The molecule has 0 aliphatic carbocycles. The Morgan fingerprint density at radius 3 is 2.35 bits per heavy atom. The minimum absolute atomic E-state index is 0.0218. The Morgan fingerprint density at radius 1 is 0.971 bits per heavy atom. The molecular formula is C27H33F2N3O2. The van der Waals surface area contributed by atoms with Gasteiger partial charge in [0.1, 0.15) is 11.6 Å². The van der Waals surface area contributed by atoms with Crippen LogP contribution in [0.25, 0.3) is 0 Å². The Kier molecular flexibility index (Phi) is 7.93. The van der Waals surface area contributed by atoms with Crippen molar-refractivity contribution in [1.29, 1.82) is 0 Å². The Balaban J connectivity index is 1.21. The molecule has 4 rings (SSSR count). The third kappa shape index (κ3) is 6.20. The topological polar surface area (TPSA) is 52.7 Å². The number of amides is 2. The van der Waals surface area contributed by atoms with Gasteiger partial charge < -0.3 is 10.2 Å². The minimum Gasteiger partial charge on any atom is -0.352 e. The van der Waals surface area contributed by atoms with Crippen LogP contribution in [0.2, 0.25) is 0 Å². The molecule has 2 amide bonds. The van der Waals surface area contributed by atoms with Crippen LogP contribution in [0.3, 0.4) is 0 Å². The highest BCUT2D eigenvalue weighted by Gasteiger charge is 2.28. The van der Waals surface area contributed by atoms with Crippen molar-refractivity contribution in [2.45, 2.75) is 45.7 Å². The fraction of sp³-hybridized carbons (Fsp3) is 0.481. The smallest absolute Gasteiger partial charge is 0.256 e. The Hall–Kier alpha value is -2.80. The van der Waals surface area contributed by atoms with E-state index in [-0.39, 0.29) is 17.4 Å². The van der Waals surface area contributed by atoms with Crippen LogP contribution in [0.5, 0.6) is 0 Å². The highest BCUT2D eigenvalue weighted by molar-refractivity contribution is 5.94. The Labute approximate surface area is 200 Å². The van der Waals surface area contributed by atoms with Crippen molar-refractivity contribution in [2.75, 3.05) is 26.2 Å². The second-order valence-electron chi connectivity index (χ2n) is 9.71. The molecule has 2 fully saturated rings. The number of nitrogens with zero attached hydrogens (tertiary/aromatic N) is 2. The summed E-state index contributed by atoms with van der Waals surface area (Å²) in [7, 11) is 0. The van der Waals surface area contributed by atoms with Crippen molar-refractivity contribution >= 4 is 11.8 Å². The highest BCUT2D eigenvalue weighted by Crippen LogP contribution is 2.21. The van der Waals surface area contributed by atoms with Crippen LogP contribution in [-0.2, 0) is 17.9 Å². The summed E-state index contributed by atoms with van der Waals surface area (Å²) in [4.78, 5) is 29.2. The van der Waals surface area contributed by atoms with E-state index in [9.17, 15) is 18.4 Å². The maximum atomic E-state index is 13.9. The van der Waals surface area contributed by atoms with E-state index in [1.165, 1.54) is 29.4 Å². The van der Waals surface area contributed by atoms with E-state index >= 15 is 0 Å². The quantitative estimate of drug-likeness (QED) is 0.684. The first-order valence-electron chi connectivity index (χ1n) is 12.2. The standard InChI is InChI=1S/C27H33F2N3O2/c1-19-3-2-12-31(17-19)18-21-6-4-20(5-7-21)16-30-26(33)22-10-13-32(14-11-22)27(34)24-9-8-23(28)15-25(24)29/h4-9,15,19,22H,2-3,10-14,16-18H2,1H3,(H,30,33). The Bertz CT molecular complexity index is 1000. The van der Waals surface area contributed by atoms with Crippen molar-refractivity contribution in [2.24, 2.45) is 11.8 Å². The van der Waals surface area contributed by atoms with E-state index in [0.29, 0.717) is 38.5 Å². The first-order chi connectivity index (χ1) is 16.4. The summed E-state index contributed by atoms with van der Waals surface area (Å²) in [5, 5.41) is 3.01. The Morgan fingerprint density at radius 2 is 1.68 bits per heavy atom. The van der Waals surface area contributed by atoms with Crippen LogP contribution in [-0.4, -0.2) is 47.8 Å². The molecule has 2 aliphatic heterocycles. The predicted octanol–water partition coefficient (Wildman–Crippen LogP) is 4.37. The van der Waals surface area contributed by atoms with Crippen LogP contribution in [0, 0.1) is 23.5 Å². The number of benzene rings is 2. The average Bonchev–Trinajstić information content (AvgIpc) is 2.83. The summed E-state index contributed by atoms with van der Waals surface area (Å²) in [6.45, 7) is 6.81. The van der Waals surface area contributed by atoms with Gasteiger partial charge in [-0.15, -0.1) is 0 Å². The molecule has 0 radical (unpaired) electrons. The average molecular weight is 470 g/mol. The zero-order valence-electron chi connectivity index (χ0n) is 19.7. The van der Waals surface area contributed by atoms with Crippen molar-refractivity contribution < 1.29 is 18.4 Å². The molecule has 182 valence electrons. The van der Waals surface area contributed by atoms with E-state index in [4.69, 9.17) is 0 Å². The van der Waals surface area contributed by atoms with E-state index in [1.54, 1.807) is 0 Å². The normalized spacial score (nSPS) is 19.7. The van der Waals surface area contributed by atoms with Crippen LogP contribution in [0.15, 0.2) is 42.5 Å². The molecule has 5 nitrogen and oxygen atoms in total. The lowest BCUT2D eigenvalue weighted by molar-refractivity contribution is -0.126. The van der Waals surface area contributed by atoms with Gasteiger partial charge in [0.2, 0.25) is 5.91 Å². The van der Waals surface area contributed by atoms with Gasteiger partial charge in [-0.05, 0) is 61.4 Å². The van der Waals surface area contributed by atoms with Crippen LogP contribution >= 0.6 is 0 Å². The molecular weight excluding hydrogens is 436 g/mol. The van der Waals surface area contributed by atoms with E-state index in [1.807, 2.05) is 0 Å². The summed E-state index contributed by atoms with van der Waals surface area (Å²) in [5.41, 5.74) is 2.21. The van der Waals surface area contributed by atoms with Crippen molar-refractivity contribution in [3.8, 4) is 0 Å². The SMILES string of the molecule is CC1CCCN(Cc2ccc(CNC(=O)C3CCN(C(=O)c4ccc(F)cc4F)CC3)cc2)C1. The van der Waals surface area contributed by atoms with Gasteiger partial charge >= 0.3 is 0 Å². The number of carbonyl (C=O) groups is 2. The van der Waals surface area contributed by atoms with Crippen molar-refractivity contribution in [1.82, 2.24) is 15.1 Å². The van der Waals surface area contributed by atoms with Gasteiger partial charge in [-0.25, -0.2) is 8.78 Å². The second kappa shape index (κ2) is 11.1. The molecule has 0 spiro atoms. The zero-order chi connectivity index (χ0) is 24.1. The summed E-state index contributed by atoms with van der Waals surface area (Å²) in [5.74, 6) is -1.47. The lowest BCUT2D eigenvalue weighted by Gasteiger charge is -2.31. The van der Waals surface area contributed by atoms with E-state index < -0.39 is 17.5 Å². The van der Waals surface area contributed by atoms with Gasteiger partial charge in [-0.1, -0.05) is 31.2 Å². The predicted molar refractivity (Wildman–Crippen MR) is 127 cm³/mol. The number of rotatable bonds is 6. The summed E-state index contributed by atoms with van der Waals surface area (Å²) in [6, 6.07) is 11.4. The van der Waals surface area contributed by atoms with Gasteiger partial charge in [-0.3, -0.25) is 14.5 Å². The third-order valence-corrected chi connectivity index (χ3v) is 6.95. The van der Waals surface area contributed by atoms with Crippen molar-refractivity contribution in [3.63, 3.8) is 0 Å². The van der Waals surface area contributed by atoms with Gasteiger partial charge in [0, 0.05) is 44.7 Å². The minimum atomic E-state index is -0.860. The van der Waals surface area contributed by atoms with Gasteiger partial charge in [-0.2, -0.15) is 0 Å². The number of hydrogen-bond acceptors (Lipinski definition) is 3. The molecule has 0 saturated carbocycles. The van der Waals surface area contributed by atoms with Crippen LogP contribution in [0.1, 0.15) is 54.1 Å². The fourth-order valence-corrected chi connectivity index (χ4v) is 4.96. The first-order valence-corrected chi connectivity index (χ1v) is 12.2. The molecule has 2 aromatic carbocycles. The molecule has 0 aromatic heterocycles. The van der Waals surface area contributed by atoms with Gasteiger partial charge in [0.05, 0.1) is 5.56 Å². The third-order valence-electron chi connectivity index (χ3n) is 6.95. The largest absolute Gasteiger partial charge is 0.352 e. The van der Waals surface area contributed by atoms with Crippen molar-refractivity contribution in [3.05, 3.63) is 70.8 Å².